The number of hydrogen-bond acceptors (Lipinski definition) is 6. The van der Waals surface area contributed by atoms with Gasteiger partial charge in [0.25, 0.3) is 5.91 Å². The van der Waals surface area contributed by atoms with Gasteiger partial charge in [0.1, 0.15) is 0 Å². The first-order chi connectivity index (χ1) is 16.9. The van der Waals surface area contributed by atoms with Crippen LogP contribution in [0.2, 0.25) is 10.0 Å². The van der Waals surface area contributed by atoms with E-state index < -0.39 is 5.54 Å². The molecule has 0 radical (unpaired) electrons. The van der Waals surface area contributed by atoms with Gasteiger partial charge in [0.05, 0.1) is 37.1 Å². The number of carbonyl (C=O) groups is 1. The van der Waals surface area contributed by atoms with Crippen molar-refractivity contribution >= 4 is 34.8 Å². The minimum atomic E-state index is -0.464. The van der Waals surface area contributed by atoms with Crippen LogP contribution in [0.15, 0.2) is 30.3 Å². The molecule has 36 heavy (non-hydrogen) atoms. The van der Waals surface area contributed by atoms with Gasteiger partial charge in [0.2, 0.25) is 5.75 Å². The monoisotopic (exact) mass is 537 g/mol. The molecule has 1 aliphatic heterocycles. The van der Waals surface area contributed by atoms with Crippen LogP contribution in [0.3, 0.4) is 0 Å². The molecule has 2 aromatic carbocycles. The molecule has 1 amide bonds. The summed E-state index contributed by atoms with van der Waals surface area (Å²) in [5, 5.41) is 4.37. The SMILES string of the molecule is COc1cc(C(=O)NC(C)(C)CC(C)(C)N2CCN(c3cccc(Cl)c3Cl)CC2)cc(OC)c1OC. The lowest BCUT2D eigenvalue weighted by molar-refractivity contribution is 0.0697. The minimum absolute atomic E-state index is 0.143. The van der Waals surface area contributed by atoms with Gasteiger partial charge in [-0.1, -0.05) is 29.3 Å². The van der Waals surface area contributed by atoms with E-state index in [4.69, 9.17) is 37.4 Å². The summed E-state index contributed by atoms with van der Waals surface area (Å²) in [6, 6.07) is 9.08. The van der Waals surface area contributed by atoms with E-state index in [1.807, 2.05) is 26.0 Å². The molecule has 1 aliphatic rings. The molecular formula is C27H37Cl2N3O4. The van der Waals surface area contributed by atoms with Gasteiger partial charge in [-0.2, -0.15) is 0 Å². The van der Waals surface area contributed by atoms with Crippen LogP contribution in [0.25, 0.3) is 0 Å². The summed E-state index contributed by atoms with van der Waals surface area (Å²) in [4.78, 5) is 18.0. The Hall–Kier alpha value is -2.35. The van der Waals surface area contributed by atoms with Crippen molar-refractivity contribution in [2.24, 2.45) is 0 Å². The molecule has 0 unspecified atom stereocenters. The molecule has 3 rings (SSSR count). The molecule has 0 saturated carbocycles. The average molecular weight is 539 g/mol. The summed E-state index contributed by atoms with van der Waals surface area (Å²) in [5.74, 6) is 1.14. The molecule has 0 aromatic heterocycles. The Kier molecular flexibility index (Phi) is 8.91. The fraction of sp³-hybridized carbons (Fsp3) is 0.519. The molecule has 1 N–H and O–H groups in total. The first-order valence-corrected chi connectivity index (χ1v) is 12.7. The standard InChI is InChI=1S/C27H37Cl2N3O4/c1-26(2,30-25(33)18-15-21(34-5)24(36-7)22(16-18)35-6)17-27(3,4)32-13-11-31(12-14-32)20-10-8-9-19(28)23(20)29/h8-10,15-16H,11-14,17H2,1-7H3,(H,30,33). The number of halogens is 2. The molecule has 0 spiro atoms. The van der Waals surface area contributed by atoms with Gasteiger partial charge in [-0.05, 0) is 58.4 Å². The molecule has 0 atom stereocenters. The summed E-state index contributed by atoms with van der Waals surface area (Å²) in [6.45, 7) is 12.0. The van der Waals surface area contributed by atoms with E-state index in [0.29, 0.717) is 32.9 Å². The van der Waals surface area contributed by atoms with Gasteiger partial charge in [-0.15, -0.1) is 0 Å². The molecule has 0 aliphatic carbocycles. The van der Waals surface area contributed by atoms with Gasteiger partial charge < -0.3 is 24.4 Å². The van der Waals surface area contributed by atoms with Crippen LogP contribution in [0.5, 0.6) is 17.2 Å². The Bertz CT molecular complexity index is 1060. The summed E-state index contributed by atoms with van der Waals surface area (Å²) < 4.78 is 16.2. The smallest absolute Gasteiger partial charge is 0.251 e. The van der Waals surface area contributed by atoms with Crippen LogP contribution in [-0.2, 0) is 0 Å². The summed E-state index contributed by atoms with van der Waals surface area (Å²) in [6.07, 6.45) is 0.758. The molecule has 1 fully saturated rings. The second kappa shape index (κ2) is 11.4. The number of benzene rings is 2. The second-order valence-electron chi connectivity index (χ2n) is 10.3. The van der Waals surface area contributed by atoms with E-state index in [1.54, 1.807) is 18.2 Å². The number of anilines is 1. The number of rotatable bonds is 9. The zero-order chi connectivity index (χ0) is 26.7. The van der Waals surface area contributed by atoms with Crippen LogP contribution in [0.4, 0.5) is 5.69 Å². The molecule has 7 nitrogen and oxygen atoms in total. The number of amides is 1. The van der Waals surface area contributed by atoms with Crippen LogP contribution in [-0.4, -0.2) is 69.4 Å². The highest BCUT2D eigenvalue weighted by atomic mass is 35.5. The zero-order valence-electron chi connectivity index (χ0n) is 22.2. The predicted molar refractivity (Wildman–Crippen MR) is 147 cm³/mol. The predicted octanol–water partition coefficient (Wildman–Crippen LogP) is 5.52. The molecule has 198 valence electrons. The number of nitrogens with one attached hydrogen (secondary N) is 1. The molecule has 0 bridgehead atoms. The van der Waals surface area contributed by atoms with Gasteiger partial charge >= 0.3 is 0 Å². The number of carbonyl (C=O) groups excluding carboxylic acids is 1. The molecule has 9 heteroatoms. The molecular weight excluding hydrogens is 501 g/mol. The van der Waals surface area contributed by atoms with E-state index in [-0.39, 0.29) is 11.4 Å². The highest BCUT2D eigenvalue weighted by molar-refractivity contribution is 6.43. The van der Waals surface area contributed by atoms with Crippen molar-refractivity contribution in [2.45, 2.75) is 45.2 Å². The topological polar surface area (TPSA) is 63.3 Å². The second-order valence-corrected chi connectivity index (χ2v) is 11.1. The van der Waals surface area contributed by atoms with E-state index in [0.717, 1.165) is 38.3 Å². The van der Waals surface area contributed by atoms with E-state index >= 15 is 0 Å². The molecule has 1 heterocycles. The van der Waals surface area contributed by atoms with Crippen LogP contribution in [0, 0.1) is 0 Å². The van der Waals surface area contributed by atoms with Crippen molar-refractivity contribution in [3.8, 4) is 17.2 Å². The summed E-state index contributed by atoms with van der Waals surface area (Å²) in [7, 11) is 4.60. The first kappa shape index (κ1) is 28.2. The Morgan fingerprint density at radius 2 is 1.53 bits per heavy atom. The van der Waals surface area contributed by atoms with Crippen molar-refractivity contribution in [3.63, 3.8) is 0 Å². The van der Waals surface area contributed by atoms with E-state index in [2.05, 4.69) is 29.0 Å². The number of methoxy groups -OCH3 is 3. The van der Waals surface area contributed by atoms with Crippen molar-refractivity contribution in [2.75, 3.05) is 52.4 Å². The fourth-order valence-corrected chi connectivity index (χ4v) is 5.53. The van der Waals surface area contributed by atoms with Crippen molar-refractivity contribution in [1.82, 2.24) is 10.2 Å². The van der Waals surface area contributed by atoms with Crippen LogP contribution < -0.4 is 24.4 Å². The number of piperazine rings is 1. The van der Waals surface area contributed by atoms with Gasteiger partial charge in [0, 0.05) is 42.8 Å². The Morgan fingerprint density at radius 1 is 0.944 bits per heavy atom. The fourth-order valence-electron chi connectivity index (χ4n) is 5.12. The third-order valence-corrected chi connectivity index (χ3v) is 7.47. The van der Waals surface area contributed by atoms with Gasteiger partial charge in [-0.3, -0.25) is 9.69 Å². The van der Waals surface area contributed by atoms with Crippen molar-refractivity contribution < 1.29 is 19.0 Å². The Balaban J connectivity index is 1.67. The Labute approximate surface area is 224 Å². The van der Waals surface area contributed by atoms with E-state index in [1.165, 1.54) is 21.3 Å². The van der Waals surface area contributed by atoms with Crippen LogP contribution >= 0.6 is 23.2 Å². The normalized spacial score (nSPS) is 15.0. The maximum atomic E-state index is 13.2. The van der Waals surface area contributed by atoms with Gasteiger partial charge in [0.15, 0.2) is 11.5 Å². The van der Waals surface area contributed by atoms with Crippen molar-refractivity contribution in [3.05, 3.63) is 45.9 Å². The molecule has 2 aromatic rings. The third kappa shape index (κ3) is 6.31. The zero-order valence-corrected chi connectivity index (χ0v) is 23.7. The quantitative estimate of drug-likeness (QED) is 0.454. The number of hydrogen-bond donors (Lipinski definition) is 1. The summed E-state index contributed by atoms with van der Waals surface area (Å²) in [5.41, 5.74) is 0.812. The largest absolute Gasteiger partial charge is 0.493 e. The number of nitrogens with zero attached hydrogens (tertiary/aromatic N) is 2. The van der Waals surface area contributed by atoms with E-state index in [9.17, 15) is 4.79 Å². The van der Waals surface area contributed by atoms with Gasteiger partial charge in [-0.25, -0.2) is 0 Å². The lowest BCUT2D eigenvalue weighted by atomic mass is 9.85. The third-order valence-electron chi connectivity index (χ3n) is 6.66. The lowest BCUT2D eigenvalue weighted by Crippen LogP contribution is -2.58. The highest BCUT2D eigenvalue weighted by Crippen LogP contribution is 2.39. The maximum absolute atomic E-state index is 13.2. The number of ether oxygens (including phenoxy) is 3. The maximum Gasteiger partial charge on any atom is 0.251 e. The Morgan fingerprint density at radius 3 is 2.06 bits per heavy atom. The minimum Gasteiger partial charge on any atom is -0.493 e. The average Bonchev–Trinajstić information content (AvgIpc) is 2.83. The highest BCUT2D eigenvalue weighted by Gasteiger charge is 2.36. The molecule has 1 saturated heterocycles. The summed E-state index contributed by atoms with van der Waals surface area (Å²) >= 11 is 12.7. The van der Waals surface area contributed by atoms with Crippen molar-refractivity contribution in [1.29, 1.82) is 0 Å². The van der Waals surface area contributed by atoms with Crippen LogP contribution in [0.1, 0.15) is 44.5 Å². The first-order valence-electron chi connectivity index (χ1n) is 12.0. The lowest BCUT2D eigenvalue weighted by Gasteiger charge is -2.47.